The summed E-state index contributed by atoms with van der Waals surface area (Å²) in [6.07, 6.45) is -0.210. The first-order valence-electron chi connectivity index (χ1n) is 6.41. The second kappa shape index (κ2) is 5.61. The lowest BCUT2D eigenvalue weighted by Crippen LogP contribution is -2.41. The largest absolute Gasteiger partial charge is 0.458 e. The molecule has 1 rings (SSSR count). The van der Waals surface area contributed by atoms with E-state index in [-0.39, 0.29) is 0 Å². The number of carbonyl (C=O) groups is 1. The van der Waals surface area contributed by atoms with Crippen LogP contribution in [0.25, 0.3) is 0 Å². The first-order valence-corrected chi connectivity index (χ1v) is 6.41. The van der Waals surface area contributed by atoms with Crippen LogP contribution in [0.15, 0.2) is 12.7 Å². The summed E-state index contributed by atoms with van der Waals surface area (Å²) < 4.78 is 16.2. The SMILES string of the molecule is C=C[C@H]([C@@H]1COC(C)(C)O1)[C@H](O)C(=O)OC(C)(C)C. The Morgan fingerprint density at radius 1 is 1.53 bits per heavy atom. The van der Waals surface area contributed by atoms with Gasteiger partial charge in [-0.2, -0.15) is 0 Å². The van der Waals surface area contributed by atoms with E-state index in [2.05, 4.69) is 6.58 Å². The third kappa shape index (κ3) is 4.60. The molecule has 1 fully saturated rings. The molecule has 0 amide bonds. The Balaban J connectivity index is 2.70. The second-order valence-corrected chi connectivity index (χ2v) is 6.16. The molecule has 1 aliphatic heterocycles. The molecular weight excluding hydrogens is 248 g/mol. The zero-order chi connectivity index (χ0) is 14.8. The Morgan fingerprint density at radius 2 is 2.11 bits per heavy atom. The molecule has 0 aromatic carbocycles. The lowest BCUT2D eigenvalue weighted by atomic mass is 9.96. The van der Waals surface area contributed by atoms with Crippen molar-refractivity contribution in [2.24, 2.45) is 5.92 Å². The van der Waals surface area contributed by atoms with Gasteiger partial charge in [0.15, 0.2) is 11.9 Å². The molecule has 3 atom stereocenters. The van der Waals surface area contributed by atoms with E-state index in [4.69, 9.17) is 14.2 Å². The average molecular weight is 272 g/mol. The Hall–Kier alpha value is -0.910. The standard InChI is InChI=1S/C14H24O5/c1-7-9(10-8-17-14(5,6)18-10)11(15)12(16)19-13(2,3)4/h7,9-11,15H,1,8H2,2-6H3/t9-,10+,11+/m1/s1. The van der Waals surface area contributed by atoms with Crippen molar-refractivity contribution in [1.82, 2.24) is 0 Å². The minimum Gasteiger partial charge on any atom is -0.458 e. The summed E-state index contributed by atoms with van der Waals surface area (Å²) in [6.45, 7) is 12.8. The van der Waals surface area contributed by atoms with Crippen molar-refractivity contribution in [2.45, 2.75) is 58.2 Å². The molecule has 1 N–H and O–H groups in total. The molecule has 0 aromatic heterocycles. The van der Waals surface area contributed by atoms with Crippen molar-refractivity contribution >= 4 is 5.97 Å². The molecule has 0 bridgehead atoms. The van der Waals surface area contributed by atoms with E-state index in [1.807, 2.05) is 0 Å². The lowest BCUT2D eigenvalue weighted by molar-refractivity contribution is -0.174. The summed E-state index contributed by atoms with van der Waals surface area (Å²) in [5, 5.41) is 10.1. The van der Waals surface area contributed by atoms with Crippen LogP contribution >= 0.6 is 0 Å². The van der Waals surface area contributed by atoms with Crippen molar-refractivity contribution in [3.05, 3.63) is 12.7 Å². The number of hydrogen-bond donors (Lipinski definition) is 1. The molecular formula is C14H24O5. The van der Waals surface area contributed by atoms with Crippen molar-refractivity contribution in [2.75, 3.05) is 6.61 Å². The van der Waals surface area contributed by atoms with Gasteiger partial charge >= 0.3 is 5.97 Å². The highest BCUT2D eigenvalue weighted by atomic mass is 16.7. The molecule has 0 saturated carbocycles. The quantitative estimate of drug-likeness (QED) is 0.622. The Bertz CT molecular complexity index is 342. The molecule has 1 saturated heterocycles. The predicted molar refractivity (Wildman–Crippen MR) is 70.4 cm³/mol. The van der Waals surface area contributed by atoms with E-state index in [1.165, 1.54) is 6.08 Å². The Kier molecular flexibility index (Phi) is 4.76. The number of ether oxygens (including phenoxy) is 3. The van der Waals surface area contributed by atoms with E-state index in [9.17, 15) is 9.90 Å². The highest BCUT2D eigenvalue weighted by molar-refractivity contribution is 5.75. The second-order valence-electron chi connectivity index (χ2n) is 6.16. The molecule has 0 aliphatic carbocycles. The number of aliphatic hydroxyl groups is 1. The average Bonchev–Trinajstić information content (AvgIpc) is 2.57. The minimum absolute atomic E-state index is 0.309. The fraction of sp³-hybridized carbons (Fsp3) is 0.786. The number of carbonyl (C=O) groups excluding carboxylic acids is 1. The maximum absolute atomic E-state index is 11.9. The molecule has 0 spiro atoms. The maximum Gasteiger partial charge on any atom is 0.336 e. The first kappa shape index (κ1) is 16.1. The maximum atomic E-state index is 11.9. The molecule has 5 heteroatoms. The molecule has 0 radical (unpaired) electrons. The van der Waals surface area contributed by atoms with E-state index in [0.717, 1.165) is 0 Å². The zero-order valence-electron chi connectivity index (χ0n) is 12.3. The summed E-state index contributed by atoms with van der Waals surface area (Å²) in [7, 11) is 0. The summed E-state index contributed by atoms with van der Waals surface area (Å²) in [5.74, 6) is -1.94. The Labute approximate surface area is 114 Å². The van der Waals surface area contributed by atoms with Crippen LogP contribution in [0.2, 0.25) is 0 Å². The highest BCUT2D eigenvalue weighted by Crippen LogP contribution is 2.29. The molecule has 19 heavy (non-hydrogen) atoms. The van der Waals surface area contributed by atoms with Crippen LogP contribution in [-0.4, -0.2) is 41.3 Å². The van der Waals surface area contributed by atoms with Gasteiger partial charge < -0.3 is 19.3 Å². The summed E-state index contributed by atoms with van der Waals surface area (Å²) in [6, 6.07) is 0. The fourth-order valence-electron chi connectivity index (χ4n) is 1.91. The van der Waals surface area contributed by atoms with Gasteiger partial charge in [-0.1, -0.05) is 6.08 Å². The number of aliphatic hydroxyl groups excluding tert-OH is 1. The molecule has 1 heterocycles. The smallest absolute Gasteiger partial charge is 0.336 e. The highest BCUT2D eigenvalue weighted by Gasteiger charge is 2.41. The normalized spacial score (nSPS) is 25.7. The van der Waals surface area contributed by atoms with Gasteiger partial charge in [-0.05, 0) is 34.6 Å². The van der Waals surface area contributed by atoms with Crippen molar-refractivity contribution < 1.29 is 24.1 Å². The molecule has 5 nitrogen and oxygen atoms in total. The summed E-state index contributed by atoms with van der Waals surface area (Å²) in [5.41, 5.74) is -0.643. The molecule has 1 aliphatic rings. The van der Waals surface area contributed by atoms with Crippen LogP contribution in [0.4, 0.5) is 0 Å². The van der Waals surface area contributed by atoms with Gasteiger partial charge in [-0.3, -0.25) is 0 Å². The summed E-state index contributed by atoms with van der Waals surface area (Å²) in [4.78, 5) is 11.9. The van der Waals surface area contributed by atoms with E-state index in [0.29, 0.717) is 6.61 Å². The van der Waals surface area contributed by atoms with Gasteiger partial charge in [0.2, 0.25) is 0 Å². The number of rotatable bonds is 4. The third-order valence-corrected chi connectivity index (χ3v) is 2.74. The molecule has 0 unspecified atom stereocenters. The van der Waals surface area contributed by atoms with Gasteiger partial charge in [0.05, 0.1) is 12.7 Å². The predicted octanol–water partition coefficient (Wildman–Crippen LogP) is 1.64. The van der Waals surface area contributed by atoms with Crippen molar-refractivity contribution in [3.63, 3.8) is 0 Å². The van der Waals surface area contributed by atoms with E-state index >= 15 is 0 Å². The fourth-order valence-corrected chi connectivity index (χ4v) is 1.91. The lowest BCUT2D eigenvalue weighted by Gasteiger charge is -2.27. The van der Waals surface area contributed by atoms with E-state index < -0.39 is 35.5 Å². The van der Waals surface area contributed by atoms with Crippen LogP contribution in [0, 0.1) is 5.92 Å². The first-order chi connectivity index (χ1) is 8.56. The van der Waals surface area contributed by atoms with E-state index in [1.54, 1.807) is 34.6 Å². The monoisotopic (exact) mass is 272 g/mol. The summed E-state index contributed by atoms with van der Waals surface area (Å²) >= 11 is 0. The molecule has 110 valence electrons. The van der Waals surface area contributed by atoms with Gasteiger partial charge in [-0.15, -0.1) is 6.58 Å². The molecule has 0 aromatic rings. The van der Waals surface area contributed by atoms with Crippen LogP contribution < -0.4 is 0 Å². The van der Waals surface area contributed by atoms with Crippen molar-refractivity contribution in [1.29, 1.82) is 0 Å². The number of hydrogen-bond acceptors (Lipinski definition) is 5. The van der Waals surface area contributed by atoms with Gasteiger partial charge in [0, 0.05) is 5.92 Å². The van der Waals surface area contributed by atoms with Crippen LogP contribution in [0.1, 0.15) is 34.6 Å². The van der Waals surface area contributed by atoms with Gasteiger partial charge in [0.1, 0.15) is 5.60 Å². The van der Waals surface area contributed by atoms with Crippen molar-refractivity contribution in [3.8, 4) is 0 Å². The van der Waals surface area contributed by atoms with Gasteiger partial charge in [0.25, 0.3) is 0 Å². The topological polar surface area (TPSA) is 65.0 Å². The van der Waals surface area contributed by atoms with Crippen LogP contribution in [-0.2, 0) is 19.0 Å². The minimum atomic E-state index is -1.31. The van der Waals surface area contributed by atoms with Crippen LogP contribution in [0.3, 0.4) is 0 Å². The third-order valence-electron chi connectivity index (χ3n) is 2.74. The van der Waals surface area contributed by atoms with Crippen LogP contribution in [0.5, 0.6) is 0 Å². The van der Waals surface area contributed by atoms with Gasteiger partial charge in [-0.25, -0.2) is 4.79 Å². The number of esters is 1. The zero-order valence-corrected chi connectivity index (χ0v) is 12.3. The Morgan fingerprint density at radius 3 is 2.47 bits per heavy atom.